The van der Waals surface area contributed by atoms with Crippen LogP contribution >= 0.6 is 0 Å². The van der Waals surface area contributed by atoms with Crippen molar-refractivity contribution in [3.8, 4) is 0 Å². The van der Waals surface area contributed by atoms with Crippen LogP contribution in [0.5, 0.6) is 0 Å². The van der Waals surface area contributed by atoms with Gasteiger partial charge in [-0.15, -0.1) is 0 Å². The fourth-order valence-corrected chi connectivity index (χ4v) is 4.18. The monoisotopic (exact) mass is 330 g/mol. The van der Waals surface area contributed by atoms with E-state index in [1.54, 1.807) is 0 Å². The van der Waals surface area contributed by atoms with Crippen LogP contribution in [0.25, 0.3) is 0 Å². The molecular formula is C20H30N2O2. The van der Waals surface area contributed by atoms with Crippen molar-refractivity contribution in [3.63, 3.8) is 0 Å². The lowest BCUT2D eigenvalue weighted by atomic mass is 9.94. The maximum absolute atomic E-state index is 12.6. The summed E-state index contributed by atoms with van der Waals surface area (Å²) in [7, 11) is 0. The first-order chi connectivity index (χ1) is 11.4. The molecule has 0 saturated carbocycles. The number of aliphatic hydroxyl groups is 1. The number of nitrogens with zero attached hydrogens (tertiary/aromatic N) is 1. The minimum Gasteiger partial charge on any atom is -0.390 e. The van der Waals surface area contributed by atoms with E-state index in [1.807, 2.05) is 38.1 Å². The van der Waals surface area contributed by atoms with Crippen molar-refractivity contribution in [1.82, 2.24) is 10.2 Å². The Morgan fingerprint density at radius 2 is 2.00 bits per heavy atom. The van der Waals surface area contributed by atoms with Crippen LogP contribution < -0.4 is 5.32 Å². The molecule has 2 fully saturated rings. The Hall–Kier alpha value is -1.39. The summed E-state index contributed by atoms with van der Waals surface area (Å²) in [5.74, 6) is 0.0215. The van der Waals surface area contributed by atoms with Crippen molar-refractivity contribution in [2.24, 2.45) is 0 Å². The zero-order valence-electron chi connectivity index (χ0n) is 15.0. The highest BCUT2D eigenvalue weighted by atomic mass is 16.3. The Labute approximate surface area is 145 Å². The van der Waals surface area contributed by atoms with Crippen LogP contribution in [-0.4, -0.2) is 46.7 Å². The Morgan fingerprint density at radius 3 is 2.67 bits per heavy atom. The molecule has 3 rings (SSSR count). The van der Waals surface area contributed by atoms with Crippen LogP contribution in [0.2, 0.25) is 0 Å². The number of amides is 1. The molecule has 24 heavy (non-hydrogen) atoms. The number of hydrogen-bond donors (Lipinski definition) is 2. The third-order valence-corrected chi connectivity index (χ3v) is 5.60. The minimum absolute atomic E-state index is 0.0215. The van der Waals surface area contributed by atoms with Gasteiger partial charge in [-0.25, -0.2) is 0 Å². The van der Waals surface area contributed by atoms with Crippen LogP contribution in [0.4, 0.5) is 0 Å². The van der Waals surface area contributed by atoms with Gasteiger partial charge >= 0.3 is 0 Å². The molecular weight excluding hydrogens is 300 g/mol. The summed E-state index contributed by atoms with van der Waals surface area (Å²) in [5, 5.41) is 13.0. The summed E-state index contributed by atoms with van der Waals surface area (Å²) in [5.41, 5.74) is 1.37. The second kappa shape index (κ2) is 6.85. The van der Waals surface area contributed by atoms with Gasteiger partial charge in [-0.3, -0.25) is 9.69 Å². The van der Waals surface area contributed by atoms with E-state index in [0.717, 1.165) is 24.1 Å². The zero-order valence-corrected chi connectivity index (χ0v) is 15.0. The van der Waals surface area contributed by atoms with Crippen molar-refractivity contribution in [1.29, 1.82) is 0 Å². The number of hydrogen-bond acceptors (Lipinski definition) is 3. The topological polar surface area (TPSA) is 52.6 Å². The second-order valence-corrected chi connectivity index (χ2v) is 8.11. The Kier molecular flexibility index (Phi) is 4.97. The predicted octanol–water partition coefficient (Wildman–Crippen LogP) is 2.75. The Morgan fingerprint density at radius 1 is 1.29 bits per heavy atom. The molecule has 0 unspecified atom stereocenters. The predicted molar refractivity (Wildman–Crippen MR) is 96.2 cm³/mol. The van der Waals surface area contributed by atoms with Gasteiger partial charge in [0.15, 0.2) is 0 Å². The smallest absolute Gasteiger partial charge is 0.251 e. The van der Waals surface area contributed by atoms with E-state index in [0.29, 0.717) is 6.42 Å². The molecule has 0 radical (unpaired) electrons. The molecule has 0 aromatic heterocycles. The number of carbonyl (C=O) groups is 1. The fraction of sp³-hybridized carbons (Fsp3) is 0.650. The molecule has 132 valence electrons. The van der Waals surface area contributed by atoms with Crippen LogP contribution in [0.1, 0.15) is 61.9 Å². The maximum Gasteiger partial charge on any atom is 0.251 e. The first-order valence-corrected chi connectivity index (χ1v) is 9.23. The van der Waals surface area contributed by atoms with Crippen molar-refractivity contribution in [3.05, 3.63) is 35.4 Å². The first-order valence-electron chi connectivity index (χ1n) is 9.23. The SMILES string of the molecule is CC(C)(O)CCc1cccc(C(=O)NCC23CCCN2CCC3)c1. The van der Waals surface area contributed by atoms with Gasteiger partial charge in [-0.05, 0) is 83.2 Å². The molecule has 2 N–H and O–H groups in total. The number of benzene rings is 1. The zero-order chi connectivity index (χ0) is 17.2. The summed E-state index contributed by atoms with van der Waals surface area (Å²) in [6.45, 7) is 6.76. The largest absolute Gasteiger partial charge is 0.390 e. The van der Waals surface area contributed by atoms with Gasteiger partial charge in [0.25, 0.3) is 5.91 Å². The standard InChI is InChI=1S/C20H30N2O2/c1-19(2,24)11-8-16-6-3-7-17(14-16)18(23)21-15-20-9-4-12-22(20)13-5-10-20/h3,6-7,14,24H,4-5,8-13,15H2,1-2H3,(H,21,23). The lowest BCUT2D eigenvalue weighted by Crippen LogP contribution is -2.48. The normalized spacial score (nSPS) is 20.1. The van der Waals surface area contributed by atoms with Gasteiger partial charge in [0.1, 0.15) is 0 Å². The highest BCUT2D eigenvalue weighted by Crippen LogP contribution is 2.38. The number of aryl methyl sites for hydroxylation is 1. The molecule has 2 aliphatic heterocycles. The number of carbonyl (C=O) groups excluding carboxylic acids is 1. The number of rotatable bonds is 6. The van der Waals surface area contributed by atoms with E-state index in [4.69, 9.17) is 0 Å². The van der Waals surface area contributed by atoms with Crippen LogP contribution in [-0.2, 0) is 6.42 Å². The maximum atomic E-state index is 12.6. The number of fused-ring (bicyclic) bond motifs is 1. The molecule has 1 aromatic rings. The minimum atomic E-state index is -0.675. The van der Waals surface area contributed by atoms with Crippen molar-refractivity contribution < 1.29 is 9.90 Å². The summed E-state index contributed by atoms with van der Waals surface area (Å²) in [6, 6.07) is 7.79. The highest BCUT2D eigenvalue weighted by Gasteiger charge is 2.44. The molecule has 4 heteroatoms. The molecule has 0 aliphatic carbocycles. The van der Waals surface area contributed by atoms with E-state index < -0.39 is 5.60 Å². The van der Waals surface area contributed by atoms with Crippen molar-refractivity contribution in [2.45, 2.75) is 63.5 Å². The van der Waals surface area contributed by atoms with Crippen LogP contribution in [0, 0.1) is 0 Å². The fourth-order valence-electron chi connectivity index (χ4n) is 4.18. The van der Waals surface area contributed by atoms with E-state index in [-0.39, 0.29) is 11.4 Å². The lowest BCUT2D eigenvalue weighted by Gasteiger charge is -2.32. The second-order valence-electron chi connectivity index (χ2n) is 8.11. The molecule has 2 aliphatic rings. The summed E-state index contributed by atoms with van der Waals surface area (Å²) < 4.78 is 0. The molecule has 1 amide bonds. The molecule has 1 aromatic carbocycles. The third-order valence-electron chi connectivity index (χ3n) is 5.60. The Balaban J connectivity index is 1.59. The van der Waals surface area contributed by atoms with E-state index >= 15 is 0 Å². The van der Waals surface area contributed by atoms with Gasteiger partial charge in [0.05, 0.1) is 5.60 Å². The molecule has 0 spiro atoms. The average molecular weight is 330 g/mol. The molecule has 0 bridgehead atoms. The van der Waals surface area contributed by atoms with E-state index in [1.165, 1.54) is 38.8 Å². The summed E-state index contributed by atoms with van der Waals surface area (Å²) >= 11 is 0. The first kappa shape index (κ1) is 17.4. The van der Waals surface area contributed by atoms with Crippen LogP contribution in [0.15, 0.2) is 24.3 Å². The summed E-state index contributed by atoms with van der Waals surface area (Å²) in [4.78, 5) is 15.1. The highest BCUT2D eigenvalue weighted by molar-refractivity contribution is 5.94. The van der Waals surface area contributed by atoms with E-state index in [2.05, 4.69) is 10.2 Å². The van der Waals surface area contributed by atoms with Crippen LogP contribution in [0.3, 0.4) is 0 Å². The summed E-state index contributed by atoms with van der Waals surface area (Å²) in [6.07, 6.45) is 6.39. The third kappa shape index (κ3) is 3.98. The number of nitrogens with one attached hydrogen (secondary N) is 1. The van der Waals surface area contributed by atoms with Gasteiger partial charge in [-0.1, -0.05) is 12.1 Å². The average Bonchev–Trinajstić information content (AvgIpc) is 3.10. The quantitative estimate of drug-likeness (QED) is 0.843. The van der Waals surface area contributed by atoms with Crippen molar-refractivity contribution >= 4 is 5.91 Å². The molecule has 0 atom stereocenters. The van der Waals surface area contributed by atoms with Gasteiger partial charge in [0.2, 0.25) is 0 Å². The molecule has 4 nitrogen and oxygen atoms in total. The van der Waals surface area contributed by atoms with E-state index in [9.17, 15) is 9.90 Å². The van der Waals surface area contributed by atoms with Gasteiger partial charge in [-0.2, -0.15) is 0 Å². The molecule has 2 heterocycles. The van der Waals surface area contributed by atoms with Gasteiger partial charge in [0, 0.05) is 17.6 Å². The lowest BCUT2D eigenvalue weighted by molar-refractivity contribution is 0.0714. The molecule has 2 saturated heterocycles. The van der Waals surface area contributed by atoms with Gasteiger partial charge < -0.3 is 10.4 Å². The van der Waals surface area contributed by atoms with Crippen molar-refractivity contribution in [2.75, 3.05) is 19.6 Å². The Bertz CT molecular complexity index is 582.